The van der Waals surface area contributed by atoms with E-state index in [2.05, 4.69) is 123 Å². The van der Waals surface area contributed by atoms with E-state index in [0.717, 1.165) is 0 Å². The fourth-order valence-corrected chi connectivity index (χ4v) is 8.66. The van der Waals surface area contributed by atoms with Gasteiger partial charge in [0.1, 0.15) is 12.2 Å². The molecular formula is C24H61NO6Si6. The van der Waals surface area contributed by atoms with Gasteiger partial charge in [-0.05, 0) is 118 Å². The molecule has 0 aliphatic carbocycles. The number of nitrogens with zero attached hydrogens (tertiary/aromatic N) is 1. The summed E-state index contributed by atoms with van der Waals surface area (Å²) >= 11 is 0. The molecule has 0 bridgehead atoms. The van der Waals surface area contributed by atoms with E-state index in [0.29, 0.717) is 6.61 Å². The summed E-state index contributed by atoms with van der Waals surface area (Å²) in [6, 6.07) is 0. The van der Waals surface area contributed by atoms with Gasteiger partial charge in [0.2, 0.25) is 0 Å². The van der Waals surface area contributed by atoms with Crippen LogP contribution in [-0.2, 0) is 26.7 Å². The average molecular weight is 628 g/mol. The lowest BCUT2D eigenvalue weighted by Gasteiger charge is -2.45. The van der Waals surface area contributed by atoms with Crippen LogP contribution in [0.5, 0.6) is 0 Å². The van der Waals surface area contributed by atoms with Crippen molar-refractivity contribution >= 4 is 56.1 Å². The summed E-state index contributed by atoms with van der Waals surface area (Å²) in [5.41, 5.74) is 0. The van der Waals surface area contributed by atoms with Crippen molar-refractivity contribution in [1.29, 1.82) is 0 Å². The molecule has 0 aliphatic heterocycles. The van der Waals surface area contributed by atoms with E-state index in [1.54, 1.807) is 0 Å². The summed E-state index contributed by atoms with van der Waals surface area (Å²) in [6.07, 6.45) is 0.361. The second-order valence-electron chi connectivity index (χ2n) is 15.7. The molecule has 0 N–H and O–H groups in total. The Morgan fingerprint density at radius 3 is 1.24 bits per heavy atom. The van der Waals surface area contributed by atoms with Gasteiger partial charge in [0.05, 0.1) is 25.0 Å². The first-order chi connectivity index (χ1) is 16.1. The Bertz CT molecular complexity index is 699. The van der Waals surface area contributed by atoms with E-state index in [1.165, 1.54) is 0 Å². The van der Waals surface area contributed by atoms with Gasteiger partial charge in [-0.25, -0.2) is 0 Å². The second-order valence-corrected chi connectivity index (χ2v) is 42.5. The number of rotatable bonds is 17. The molecule has 0 aliphatic rings. The summed E-state index contributed by atoms with van der Waals surface area (Å²) in [6.45, 7) is 40.0. The molecule has 7 nitrogen and oxygen atoms in total. The number of hydrogen-bond donors (Lipinski definition) is 0. The highest BCUT2D eigenvalue weighted by Crippen LogP contribution is 2.28. The van der Waals surface area contributed by atoms with Gasteiger partial charge < -0.3 is 26.7 Å². The normalized spacial score (nSPS) is 18.1. The van der Waals surface area contributed by atoms with Crippen LogP contribution in [0.4, 0.5) is 0 Å². The minimum atomic E-state index is -2.04. The molecule has 0 aromatic carbocycles. The van der Waals surface area contributed by atoms with E-state index in [4.69, 9.17) is 26.7 Å². The van der Waals surface area contributed by atoms with Crippen LogP contribution < -0.4 is 0 Å². The van der Waals surface area contributed by atoms with E-state index < -0.39 is 62.1 Å². The zero-order valence-electron chi connectivity index (χ0n) is 27.5. The molecule has 0 saturated heterocycles. The summed E-state index contributed by atoms with van der Waals surface area (Å²) in [5, 5.41) is 4.44. The lowest BCUT2D eigenvalue weighted by atomic mass is 10.0. The average Bonchev–Trinajstić information content (AvgIpc) is 2.55. The zero-order chi connectivity index (χ0) is 29.7. The fourth-order valence-electron chi connectivity index (χ4n) is 3.31. The molecule has 0 rings (SSSR count). The van der Waals surface area contributed by atoms with Gasteiger partial charge in [-0.15, -0.1) is 5.16 Å². The van der Waals surface area contributed by atoms with Crippen LogP contribution in [0.1, 0.15) is 0 Å². The van der Waals surface area contributed by atoms with E-state index >= 15 is 0 Å². The van der Waals surface area contributed by atoms with Crippen molar-refractivity contribution in [3.8, 4) is 0 Å². The maximum Gasteiger partial charge on any atom is 0.278 e. The van der Waals surface area contributed by atoms with Crippen molar-refractivity contribution in [2.75, 3.05) is 6.61 Å². The third-order valence-electron chi connectivity index (χ3n) is 4.20. The van der Waals surface area contributed by atoms with E-state index in [-0.39, 0.29) is 12.2 Å². The molecule has 0 amide bonds. The minimum Gasteiger partial charge on any atom is -0.456 e. The monoisotopic (exact) mass is 627 g/mol. The number of oxime groups is 1. The van der Waals surface area contributed by atoms with Gasteiger partial charge in [0, 0.05) is 0 Å². The lowest BCUT2D eigenvalue weighted by molar-refractivity contribution is -0.0731. The van der Waals surface area contributed by atoms with Crippen LogP contribution in [0.2, 0.25) is 118 Å². The van der Waals surface area contributed by atoms with Gasteiger partial charge in [-0.3, -0.25) is 0 Å². The van der Waals surface area contributed by atoms with Crippen LogP contribution in [0.15, 0.2) is 5.16 Å². The third-order valence-corrected chi connectivity index (χ3v) is 9.84. The van der Waals surface area contributed by atoms with E-state index in [1.807, 2.05) is 6.21 Å². The largest absolute Gasteiger partial charge is 0.456 e. The van der Waals surface area contributed by atoms with Gasteiger partial charge in [-0.1, -0.05) is 0 Å². The molecule has 0 aromatic heterocycles. The third kappa shape index (κ3) is 21.0. The van der Waals surface area contributed by atoms with Crippen LogP contribution in [0.25, 0.3) is 0 Å². The zero-order valence-corrected chi connectivity index (χ0v) is 33.5. The summed E-state index contributed by atoms with van der Waals surface area (Å²) < 4.78 is 39.9. The predicted molar refractivity (Wildman–Crippen MR) is 175 cm³/mol. The van der Waals surface area contributed by atoms with Crippen molar-refractivity contribution in [3.05, 3.63) is 0 Å². The smallest absolute Gasteiger partial charge is 0.278 e. The van der Waals surface area contributed by atoms with Crippen molar-refractivity contribution in [2.45, 2.75) is 142 Å². The van der Waals surface area contributed by atoms with Crippen molar-refractivity contribution in [2.24, 2.45) is 5.16 Å². The Morgan fingerprint density at radius 1 is 0.486 bits per heavy atom. The molecule has 0 saturated carbocycles. The molecule has 0 unspecified atom stereocenters. The first-order valence-electron chi connectivity index (χ1n) is 13.6. The first kappa shape index (κ1) is 37.6. The standard InChI is InChI=1S/C24H61NO6Si6/c1-32(2,3)26-20-22(28-34(7,8)9)24(30-36(13,14)15)23(29-35(10,11)12)21(27-33(4,5)6)19-25-31-37(16,17)18/h19,21-24H,20H2,1-18H3/b25-19+/t21-,22+,23+,24+/m0/s1. The van der Waals surface area contributed by atoms with Crippen LogP contribution in [-0.4, -0.2) is 87.1 Å². The second kappa shape index (κ2) is 14.0. The van der Waals surface area contributed by atoms with Crippen LogP contribution >= 0.6 is 0 Å². The molecular weight excluding hydrogens is 567 g/mol. The Morgan fingerprint density at radius 2 is 0.892 bits per heavy atom. The Hall–Kier alpha value is 0.571. The van der Waals surface area contributed by atoms with Crippen molar-refractivity contribution in [1.82, 2.24) is 0 Å². The predicted octanol–water partition coefficient (Wildman–Crippen LogP) is 7.56. The number of hydrogen-bond acceptors (Lipinski definition) is 7. The first-order valence-corrected chi connectivity index (χ1v) is 34.1. The highest BCUT2D eigenvalue weighted by molar-refractivity contribution is 6.71. The Labute approximate surface area is 236 Å². The molecule has 4 atom stereocenters. The maximum atomic E-state index is 6.97. The molecule has 0 spiro atoms. The highest BCUT2D eigenvalue weighted by atomic mass is 28.4. The van der Waals surface area contributed by atoms with Gasteiger partial charge in [-0.2, -0.15) is 0 Å². The topological polar surface area (TPSA) is 67.7 Å². The minimum absolute atomic E-state index is 0.273. The highest BCUT2D eigenvalue weighted by Gasteiger charge is 2.44. The van der Waals surface area contributed by atoms with Crippen molar-refractivity contribution < 1.29 is 26.7 Å². The van der Waals surface area contributed by atoms with Gasteiger partial charge in [0.25, 0.3) is 8.32 Å². The molecule has 0 heterocycles. The summed E-state index contributed by atoms with van der Waals surface area (Å²) in [5.74, 6) is 0. The van der Waals surface area contributed by atoms with Crippen LogP contribution in [0.3, 0.4) is 0 Å². The maximum absolute atomic E-state index is 6.97. The molecule has 0 radical (unpaired) electrons. The Kier molecular flexibility index (Phi) is 14.2. The Balaban J connectivity index is 6.89. The SMILES string of the molecule is C[Si](C)(C)OC[C@@H](O[Si](C)(C)C)[C@@H](O[Si](C)(C)C)[C@H](O[Si](C)(C)C)[C@H](/C=N/O[Si](C)(C)C)O[Si](C)(C)C. The quantitative estimate of drug-likeness (QED) is 0.0942. The van der Waals surface area contributed by atoms with Crippen molar-refractivity contribution in [3.63, 3.8) is 0 Å². The molecule has 0 aromatic rings. The molecule has 0 fully saturated rings. The van der Waals surface area contributed by atoms with Gasteiger partial charge in [0.15, 0.2) is 41.6 Å². The lowest BCUT2D eigenvalue weighted by Crippen LogP contribution is -2.60. The van der Waals surface area contributed by atoms with Gasteiger partial charge >= 0.3 is 0 Å². The summed E-state index contributed by atoms with van der Waals surface area (Å²) in [4.78, 5) is 0. The summed E-state index contributed by atoms with van der Waals surface area (Å²) in [7, 11) is -11.6. The molecule has 37 heavy (non-hydrogen) atoms. The van der Waals surface area contributed by atoms with E-state index in [9.17, 15) is 0 Å². The fraction of sp³-hybridized carbons (Fsp3) is 0.958. The molecule has 13 heteroatoms. The molecule has 222 valence electrons. The van der Waals surface area contributed by atoms with Crippen LogP contribution in [0, 0.1) is 0 Å².